The molecule has 1 N–H and O–H groups in total. The summed E-state index contributed by atoms with van der Waals surface area (Å²) in [5.41, 5.74) is 0.871. The first-order chi connectivity index (χ1) is 10.0. The Hall–Kier alpha value is -2.08. The van der Waals surface area contributed by atoms with Gasteiger partial charge in [0.2, 0.25) is 5.91 Å². The Morgan fingerprint density at radius 3 is 2.43 bits per heavy atom. The predicted octanol–water partition coefficient (Wildman–Crippen LogP) is 0.433. The molecule has 1 spiro atoms. The summed E-state index contributed by atoms with van der Waals surface area (Å²) in [5, 5.41) is 3.24. The van der Waals surface area contributed by atoms with Crippen LogP contribution >= 0.6 is 0 Å². The van der Waals surface area contributed by atoms with Crippen molar-refractivity contribution in [1.29, 1.82) is 0 Å². The van der Waals surface area contributed by atoms with Gasteiger partial charge in [0.25, 0.3) is 5.91 Å². The second kappa shape index (κ2) is 4.73. The van der Waals surface area contributed by atoms with E-state index in [1.54, 1.807) is 14.2 Å². The van der Waals surface area contributed by atoms with E-state index in [1.807, 2.05) is 12.1 Å². The van der Waals surface area contributed by atoms with Gasteiger partial charge in [-0.3, -0.25) is 19.8 Å². The van der Waals surface area contributed by atoms with Gasteiger partial charge in [-0.05, 0) is 29.7 Å². The summed E-state index contributed by atoms with van der Waals surface area (Å²) in [6.45, 7) is 0.648. The lowest BCUT2D eigenvalue weighted by Crippen LogP contribution is -2.52. The Morgan fingerprint density at radius 1 is 1.19 bits per heavy atom. The number of hydrogen-bond donors (Lipinski definition) is 1. The van der Waals surface area contributed by atoms with E-state index in [2.05, 4.69) is 5.32 Å². The Kier molecular flexibility index (Phi) is 3.13. The number of likely N-dealkylation sites (tertiary alicyclic amines) is 1. The smallest absolute Gasteiger partial charge is 0.254 e. The van der Waals surface area contributed by atoms with Crippen LogP contribution in [0.2, 0.25) is 0 Å². The summed E-state index contributed by atoms with van der Waals surface area (Å²) in [6, 6.07) is 3.71. The van der Waals surface area contributed by atoms with Gasteiger partial charge in [0.05, 0.1) is 20.6 Å². The SMILES string of the molecule is COc1cc2c(cc1OC)C1(CC(=O)N(C)C1=O)NCC2. The number of carbonyl (C=O) groups excluding carboxylic acids is 2. The maximum Gasteiger partial charge on any atom is 0.254 e. The van der Waals surface area contributed by atoms with Gasteiger partial charge >= 0.3 is 0 Å². The van der Waals surface area contributed by atoms with Gasteiger partial charge in [0.1, 0.15) is 5.54 Å². The van der Waals surface area contributed by atoms with E-state index in [4.69, 9.17) is 9.47 Å². The van der Waals surface area contributed by atoms with Crippen LogP contribution in [-0.2, 0) is 21.5 Å². The fourth-order valence-corrected chi connectivity index (χ4v) is 3.20. The summed E-state index contributed by atoms with van der Waals surface area (Å²) in [4.78, 5) is 25.7. The Bertz CT molecular complexity index is 628. The van der Waals surface area contributed by atoms with Crippen molar-refractivity contribution in [1.82, 2.24) is 10.2 Å². The Balaban J connectivity index is 2.18. The van der Waals surface area contributed by atoms with Crippen LogP contribution in [0.3, 0.4) is 0 Å². The third kappa shape index (κ3) is 1.82. The van der Waals surface area contributed by atoms with Crippen molar-refractivity contribution in [2.24, 2.45) is 0 Å². The first-order valence-electron chi connectivity index (χ1n) is 6.85. The third-order valence-corrected chi connectivity index (χ3v) is 4.35. The number of likely N-dealkylation sites (N-methyl/N-ethyl adjacent to an activating group) is 1. The van der Waals surface area contributed by atoms with Crippen molar-refractivity contribution in [3.63, 3.8) is 0 Å². The van der Waals surface area contributed by atoms with Crippen molar-refractivity contribution in [2.45, 2.75) is 18.4 Å². The van der Waals surface area contributed by atoms with Crippen molar-refractivity contribution < 1.29 is 19.1 Å². The summed E-state index contributed by atoms with van der Waals surface area (Å²) >= 11 is 0. The highest BCUT2D eigenvalue weighted by Gasteiger charge is 2.53. The molecule has 2 aliphatic rings. The Morgan fingerprint density at radius 2 is 1.86 bits per heavy atom. The first kappa shape index (κ1) is 13.9. The topological polar surface area (TPSA) is 67.9 Å². The second-order valence-corrected chi connectivity index (χ2v) is 5.38. The van der Waals surface area contributed by atoms with Crippen LogP contribution in [0.1, 0.15) is 17.5 Å². The molecular weight excluding hydrogens is 272 g/mol. The van der Waals surface area contributed by atoms with E-state index in [9.17, 15) is 9.59 Å². The molecule has 1 aromatic carbocycles. The van der Waals surface area contributed by atoms with E-state index in [0.717, 1.165) is 17.5 Å². The lowest BCUT2D eigenvalue weighted by atomic mass is 9.80. The first-order valence-corrected chi connectivity index (χ1v) is 6.85. The summed E-state index contributed by atoms with van der Waals surface area (Å²) in [6.07, 6.45) is 0.924. The van der Waals surface area contributed by atoms with Gasteiger partial charge in [0, 0.05) is 13.6 Å². The molecule has 1 saturated heterocycles. The lowest BCUT2D eigenvalue weighted by Gasteiger charge is -2.35. The molecule has 0 radical (unpaired) electrons. The molecule has 3 rings (SSSR count). The largest absolute Gasteiger partial charge is 0.493 e. The number of methoxy groups -OCH3 is 2. The molecule has 6 nitrogen and oxygen atoms in total. The highest BCUT2D eigenvalue weighted by atomic mass is 16.5. The van der Waals surface area contributed by atoms with E-state index in [-0.39, 0.29) is 18.2 Å². The molecule has 21 heavy (non-hydrogen) atoms. The van der Waals surface area contributed by atoms with Crippen molar-refractivity contribution >= 4 is 11.8 Å². The van der Waals surface area contributed by atoms with Gasteiger partial charge in [-0.15, -0.1) is 0 Å². The van der Waals surface area contributed by atoms with Crippen molar-refractivity contribution in [3.8, 4) is 11.5 Å². The minimum absolute atomic E-state index is 0.144. The van der Waals surface area contributed by atoms with Crippen LogP contribution in [0.25, 0.3) is 0 Å². The number of fused-ring (bicyclic) bond motifs is 2. The summed E-state index contributed by atoms with van der Waals surface area (Å²) in [5.74, 6) is 0.823. The molecule has 2 aliphatic heterocycles. The van der Waals surface area contributed by atoms with E-state index in [0.29, 0.717) is 18.0 Å². The van der Waals surface area contributed by atoms with E-state index < -0.39 is 5.54 Å². The fourth-order valence-electron chi connectivity index (χ4n) is 3.20. The lowest BCUT2D eigenvalue weighted by molar-refractivity contribution is -0.138. The minimum atomic E-state index is -0.959. The molecule has 1 fully saturated rings. The highest BCUT2D eigenvalue weighted by molar-refractivity contribution is 6.08. The molecule has 112 valence electrons. The highest BCUT2D eigenvalue weighted by Crippen LogP contribution is 2.42. The van der Waals surface area contributed by atoms with Crippen LogP contribution in [-0.4, -0.2) is 44.5 Å². The maximum atomic E-state index is 12.6. The molecule has 1 aromatic rings. The van der Waals surface area contributed by atoms with Crippen LogP contribution in [0.5, 0.6) is 11.5 Å². The van der Waals surface area contributed by atoms with Crippen molar-refractivity contribution in [3.05, 3.63) is 23.3 Å². The molecular formula is C15H18N2O4. The minimum Gasteiger partial charge on any atom is -0.493 e. The molecule has 1 unspecified atom stereocenters. The molecule has 6 heteroatoms. The van der Waals surface area contributed by atoms with E-state index >= 15 is 0 Å². The van der Waals surface area contributed by atoms with Gasteiger partial charge < -0.3 is 9.47 Å². The van der Waals surface area contributed by atoms with Crippen LogP contribution in [0.4, 0.5) is 0 Å². The van der Waals surface area contributed by atoms with Gasteiger partial charge in [-0.25, -0.2) is 0 Å². The van der Waals surface area contributed by atoms with Crippen LogP contribution in [0, 0.1) is 0 Å². The summed E-state index contributed by atoms with van der Waals surface area (Å²) in [7, 11) is 4.66. The number of amides is 2. The average Bonchev–Trinajstić information content (AvgIpc) is 2.71. The zero-order valence-electron chi connectivity index (χ0n) is 12.4. The second-order valence-electron chi connectivity index (χ2n) is 5.38. The quantitative estimate of drug-likeness (QED) is 0.800. The standard InChI is InChI=1S/C15H18N2O4/c1-17-13(18)8-15(14(17)19)10-7-12(21-3)11(20-2)6-9(10)4-5-16-15/h6-7,16H,4-5,8H2,1-3H3. The Labute approximate surface area is 123 Å². The molecule has 0 aliphatic carbocycles. The average molecular weight is 290 g/mol. The van der Waals surface area contributed by atoms with Gasteiger partial charge in [-0.2, -0.15) is 0 Å². The molecule has 2 amide bonds. The third-order valence-electron chi connectivity index (χ3n) is 4.35. The fraction of sp³-hybridized carbons (Fsp3) is 0.467. The zero-order chi connectivity index (χ0) is 15.2. The number of rotatable bonds is 2. The molecule has 0 bridgehead atoms. The number of carbonyl (C=O) groups is 2. The predicted molar refractivity (Wildman–Crippen MR) is 75.3 cm³/mol. The maximum absolute atomic E-state index is 12.6. The zero-order valence-corrected chi connectivity index (χ0v) is 12.4. The number of hydrogen-bond acceptors (Lipinski definition) is 5. The normalized spacial score (nSPS) is 24.4. The molecule has 0 saturated carbocycles. The molecule has 1 atom stereocenters. The number of benzene rings is 1. The van der Waals surface area contributed by atoms with Crippen molar-refractivity contribution in [2.75, 3.05) is 27.8 Å². The monoisotopic (exact) mass is 290 g/mol. The molecule has 0 aromatic heterocycles. The number of ether oxygens (including phenoxy) is 2. The number of nitrogens with one attached hydrogen (secondary N) is 1. The molecule has 2 heterocycles. The number of nitrogens with zero attached hydrogens (tertiary/aromatic N) is 1. The summed E-state index contributed by atoms with van der Waals surface area (Å²) < 4.78 is 10.6. The van der Waals surface area contributed by atoms with Crippen LogP contribution in [0.15, 0.2) is 12.1 Å². The van der Waals surface area contributed by atoms with E-state index in [1.165, 1.54) is 11.9 Å². The van der Waals surface area contributed by atoms with Gasteiger partial charge in [0.15, 0.2) is 11.5 Å². The van der Waals surface area contributed by atoms with Gasteiger partial charge in [-0.1, -0.05) is 0 Å². The number of imide groups is 1. The van der Waals surface area contributed by atoms with Crippen LogP contribution < -0.4 is 14.8 Å².